The van der Waals surface area contributed by atoms with E-state index in [1.807, 2.05) is 43.0 Å². The molecular weight excluding hydrogens is 386 g/mol. The van der Waals surface area contributed by atoms with Crippen LogP contribution in [0.5, 0.6) is 0 Å². The first-order valence-corrected chi connectivity index (χ1v) is 10.7. The van der Waals surface area contributed by atoms with Gasteiger partial charge in [0.05, 0.1) is 5.69 Å². The molecule has 0 saturated carbocycles. The average Bonchev–Trinajstić information content (AvgIpc) is 2.73. The third-order valence-corrected chi connectivity index (χ3v) is 5.67. The Morgan fingerprint density at radius 2 is 1.52 bits per heavy atom. The third-order valence-electron chi connectivity index (χ3n) is 5.67. The highest BCUT2D eigenvalue weighted by molar-refractivity contribution is 5.89. The second-order valence-electron chi connectivity index (χ2n) is 8.38. The number of piperazine rings is 1. The van der Waals surface area contributed by atoms with Gasteiger partial charge in [-0.2, -0.15) is 0 Å². The quantitative estimate of drug-likeness (QED) is 0.672. The summed E-state index contributed by atoms with van der Waals surface area (Å²) in [6.45, 7) is 11.0. The Morgan fingerprint density at radius 1 is 0.806 bits per heavy atom. The molecule has 4 rings (SSSR count). The van der Waals surface area contributed by atoms with Gasteiger partial charge in [0.25, 0.3) is 0 Å². The fourth-order valence-corrected chi connectivity index (χ4v) is 4.13. The molecule has 0 bridgehead atoms. The van der Waals surface area contributed by atoms with Gasteiger partial charge >= 0.3 is 6.03 Å². The van der Waals surface area contributed by atoms with E-state index < -0.39 is 0 Å². The highest BCUT2D eigenvalue weighted by Gasteiger charge is 2.22. The summed E-state index contributed by atoms with van der Waals surface area (Å²) in [5.41, 5.74) is 7.56. The SMILES string of the molecule is Cc1cc(C)cc(NC(=O)N2CCN(c3ccc(-c4ccc(C)cc4C)nn3)CC2)c1. The van der Waals surface area contributed by atoms with E-state index in [1.54, 1.807) is 0 Å². The van der Waals surface area contributed by atoms with Crippen LogP contribution >= 0.6 is 0 Å². The molecule has 0 atom stereocenters. The number of aromatic nitrogens is 2. The number of amides is 2. The molecule has 1 aliphatic rings. The van der Waals surface area contributed by atoms with E-state index >= 15 is 0 Å². The van der Waals surface area contributed by atoms with Gasteiger partial charge in [-0.15, -0.1) is 10.2 Å². The van der Waals surface area contributed by atoms with Gasteiger partial charge in [-0.3, -0.25) is 0 Å². The van der Waals surface area contributed by atoms with Gasteiger partial charge in [0.1, 0.15) is 0 Å². The van der Waals surface area contributed by atoms with E-state index in [4.69, 9.17) is 0 Å². The van der Waals surface area contributed by atoms with Crippen LogP contribution in [-0.4, -0.2) is 47.3 Å². The maximum atomic E-state index is 12.7. The average molecular weight is 416 g/mol. The molecule has 1 saturated heterocycles. The number of benzene rings is 2. The molecule has 2 amide bonds. The lowest BCUT2D eigenvalue weighted by Crippen LogP contribution is -2.50. The zero-order valence-electron chi connectivity index (χ0n) is 18.6. The highest BCUT2D eigenvalue weighted by atomic mass is 16.2. The molecule has 6 nitrogen and oxygen atoms in total. The van der Waals surface area contributed by atoms with Gasteiger partial charge in [0.15, 0.2) is 5.82 Å². The minimum atomic E-state index is -0.0547. The second kappa shape index (κ2) is 8.76. The monoisotopic (exact) mass is 415 g/mol. The number of urea groups is 1. The van der Waals surface area contributed by atoms with Crippen molar-refractivity contribution in [1.82, 2.24) is 15.1 Å². The molecule has 160 valence electrons. The lowest BCUT2D eigenvalue weighted by Gasteiger charge is -2.35. The van der Waals surface area contributed by atoms with Gasteiger partial charge in [0, 0.05) is 37.4 Å². The lowest BCUT2D eigenvalue weighted by molar-refractivity contribution is 0.208. The Morgan fingerprint density at radius 3 is 2.13 bits per heavy atom. The molecule has 0 radical (unpaired) electrons. The lowest BCUT2D eigenvalue weighted by atomic mass is 10.0. The minimum Gasteiger partial charge on any atom is -0.352 e. The van der Waals surface area contributed by atoms with E-state index in [2.05, 4.69) is 58.5 Å². The molecule has 0 aliphatic carbocycles. The number of anilines is 2. The smallest absolute Gasteiger partial charge is 0.321 e. The van der Waals surface area contributed by atoms with Gasteiger partial charge < -0.3 is 15.1 Å². The van der Waals surface area contributed by atoms with Crippen LogP contribution in [0.25, 0.3) is 11.3 Å². The van der Waals surface area contributed by atoms with Crippen molar-refractivity contribution in [2.75, 3.05) is 36.4 Å². The molecule has 1 aliphatic heterocycles. The first-order chi connectivity index (χ1) is 14.9. The number of aryl methyl sites for hydroxylation is 4. The Balaban J connectivity index is 1.36. The van der Waals surface area contributed by atoms with Gasteiger partial charge in [-0.1, -0.05) is 29.8 Å². The van der Waals surface area contributed by atoms with Crippen LogP contribution in [-0.2, 0) is 0 Å². The van der Waals surface area contributed by atoms with Crippen molar-refractivity contribution in [1.29, 1.82) is 0 Å². The van der Waals surface area contributed by atoms with E-state index in [9.17, 15) is 4.79 Å². The summed E-state index contributed by atoms with van der Waals surface area (Å²) >= 11 is 0. The molecule has 31 heavy (non-hydrogen) atoms. The zero-order valence-corrected chi connectivity index (χ0v) is 18.6. The summed E-state index contributed by atoms with van der Waals surface area (Å²) in [6, 6.07) is 16.4. The molecular formula is C25H29N5O. The number of carbonyl (C=O) groups is 1. The number of hydrogen-bond acceptors (Lipinski definition) is 4. The van der Waals surface area contributed by atoms with Gasteiger partial charge in [-0.25, -0.2) is 4.79 Å². The first-order valence-electron chi connectivity index (χ1n) is 10.7. The number of carbonyl (C=O) groups excluding carboxylic acids is 1. The largest absolute Gasteiger partial charge is 0.352 e. The Labute approximate surface area is 183 Å². The van der Waals surface area contributed by atoms with Crippen LogP contribution < -0.4 is 10.2 Å². The normalized spacial score (nSPS) is 13.9. The minimum absolute atomic E-state index is 0.0547. The fourth-order valence-electron chi connectivity index (χ4n) is 4.13. The molecule has 1 fully saturated rings. The molecule has 0 spiro atoms. The second-order valence-corrected chi connectivity index (χ2v) is 8.38. The zero-order chi connectivity index (χ0) is 22.0. The molecule has 2 aromatic carbocycles. The predicted molar refractivity (Wildman–Crippen MR) is 126 cm³/mol. The molecule has 6 heteroatoms. The number of hydrogen-bond donors (Lipinski definition) is 1. The van der Waals surface area contributed by atoms with Gasteiger partial charge in [0.2, 0.25) is 0 Å². The van der Waals surface area contributed by atoms with Crippen LogP contribution in [0.3, 0.4) is 0 Å². The van der Waals surface area contributed by atoms with Crippen molar-refractivity contribution in [2.24, 2.45) is 0 Å². The summed E-state index contributed by atoms with van der Waals surface area (Å²) in [5.74, 6) is 0.850. The van der Waals surface area contributed by atoms with Crippen molar-refractivity contribution in [3.05, 3.63) is 70.8 Å². The molecule has 2 heterocycles. The van der Waals surface area contributed by atoms with Crippen LogP contribution in [0, 0.1) is 27.7 Å². The van der Waals surface area contributed by atoms with Crippen molar-refractivity contribution in [2.45, 2.75) is 27.7 Å². The summed E-state index contributed by atoms with van der Waals surface area (Å²) in [7, 11) is 0. The Hall–Kier alpha value is -3.41. The summed E-state index contributed by atoms with van der Waals surface area (Å²) in [4.78, 5) is 16.7. The standard InChI is InChI=1S/C25H29N5O/c1-17-5-6-22(20(4)14-17)23-7-8-24(28-27-23)29-9-11-30(12-10-29)25(31)26-21-15-18(2)13-19(3)16-21/h5-8,13-16H,9-12H2,1-4H3,(H,26,31). The van der Waals surface area contributed by atoms with E-state index in [-0.39, 0.29) is 6.03 Å². The van der Waals surface area contributed by atoms with Gasteiger partial charge in [-0.05, 0) is 68.7 Å². The maximum Gasteiger partial charge on any atom is 0.321 e. The van der Waals surface area contributed by atoms with Crippen molar-refractivity contribution >= 4 is 17.5 Å². The first kappa shape index (κ1) is 20.8. The Kier molecular flexibility index (Phi) is 5.89. The number of nitrogens with zero attached hydrogens (tertiary/aromatic N) is 4. The van der Waals surface area contributed by atoms with E-state index in [0.29, 0.717) is 13.1 Å². The number of nitrogens with one attached hydrogen (secondary N) is 1. The van der Waals surface area contributed by atoms with Crippen LogP contribution in [0.15, 0.2) is 48.5 Å². The predicted octanol–water partition coefficient (Wildman–Crippen LogP) is 4.73. The van der Waals surface area contributed by atoms with Crippen LogP contribution in [0.1, 0.15) is 22.3 Å². The fraction of sp³-hybridized carbons (Fsp3) is 0.320. The van der Waals surface area contributed by atoms with E-state index in [0.717, 1.165) is 47.0 Å². The third kappa shape index (κ3) is 4.85. The molecule has 1 N–H and O–H groups in total. The summed E-state index contributed by atoms with van der Waals surface area (Å²) < 4.78 is 0. The topological polar surface area (TPSA) is 61.4 Å². The molecule has 0 unspecified atom stereocenters. The molecule has 1 aromatic heterocycles. The summed E-state index contributed by atoms with van der Waals surface area (Å²) in [6.07, 6.45) is 0. The van der Waals surface area contributed by atoms with Crippen molar-refractivity contribution in [3.63, 3.8) is 0 Å². The number of rotatable bonds is 3. The van der Waals surface area contributed by atoms with Crippen molar-refractivity contribution < 1.29 is 4.79 Å². The summed E-state index contributed by atoms with van der Waals surface area (Å²) in [5, 5.41) is 11.9. The van der Waals surface area contributed by atoms with Crippen molar-refractivity contribution in [3.8, 4) is 11.3 Å². The van der Waals surface area contributed by atoms with Crippen LogP contribution in [0.2, 0.25) is 0 Å². The van der Waals surface area contributed by atoms with E-state index in [1.165, 1.54) is 11.1 Å². The highest BCUT2D eigenvalue weighted by Crippen LogP contribution is 2.23. The molecule has 3 aromatic rings. The maximum absolute atomic E-state index is 12.7. The Bertz CT molecular complexity index is 1070. The van der Waals surface area contributed by atoms with Crippen LogP contribution in [0.4, 0.5) is 16.3 Å².